The van der Waals surface area contributed by atoms with E-state index < -0.39 is 47.0 Å². The van der Waals surface area contributed by atoms with Gasteiger partial charge in [-0.3, -0.25) is 4.79 Å². The van der Waals surface area contributed by atoms with Gasteiger partial charge in [-0.2, -0.15) is 4.90 Å². The Balaban J connectivity index is 2.32. The molecule has 1 aliphatic heterocycles. The van der Waals surface area contributed by atoms with Gasteiger partial charge >= 0.3 is 18.2 Å². The second kappa shape index (κ2) is 9.51. The summed E-state index contributed by atoms with van der Waals surface area (Å²) in [6.45, 7) is 13.2. The van der Waals surface area contributed by atoms with Crippen molar-refractivity contribution in [2.45, 2.75) is 91.3 Å². The van der Waals surface area contributed by atoms with Crippen LogP contribution in [0.15, 0.2) is 30.3 Å². The lowest BCUT2D eigenvalue weighted by molar-refractivity contribution is -0.134. The molecule has 1 aliphatic rings. The summed E-state index contributed by atoms with van der Waals surface area (Å²) in [6, 6.07) is 8.34. The highest BCUT2D eigenvalue weighted by Gasteiger charge is 2.61. The number of carbonyl (C=O) groups excluding carboxylic acids is 4. The highest BCUT2D eigenvalue weighted by molar-refractivity contribution is 6.20. The minimum Gasteiger partial charge on any atom is -0.443 e. The Morgan fingerprint density at radius 3 is 1.97 bits per heavy atom. The van der Waals surface area contributed by atoms with Crippen molar-refractivity contribution in [2.75, 3.05) is 0 Å². The van der Waals surface area contributed by atoms with Gasteiger partial charge in [0.25, 0.3) is 5.91 Å². The number of ether oxygens (including phenoxy) is 3. The first-order chi connectivity index (χ1) is 15.0. The zero-order valence-corrected chi connectivity index (χ0v) is 20.6. The number of rotatable bonds is 5. The maximum atomic E-state index is 13.4. The summed E-state index contributed by atoms with van der Waals surface area (Å²) in [5, 5.41) is 0. The molecule has 9 nitrogen and oxygen atoms in total. The molecule has 1 aromatic rings. The van der Waals surface area contributed by atoms with Crippen molar-refractivity contribution in [3.8, 4) is 0 Å². The smallest absolute Gasteiger partial charge is 0.425 e. The molecule has 0 radical (unpaired) electrons. The third-order valence-electron chi connectivity index (χ3n) is 4.75. The van der Waals surface area contributed by atoms with Crippen LogP contribution >= 0.6 is 0 Å². The summed E-state index contributed by atoms with van der Waals surface area (Å²) >= 11 is 0. The topological polar surface area (TPSA) is 102 Å². The molecular weight excluding hydrogens is 428 g/mol. The maximum Gasteiger partial charge on any atom is 0.425 e. The van der Waals surface area contributed by atoms with Crippen LogP contribution in [0.1, 0.15) is 67.4 Å². The molecule has 0 aromatic heterocycles. The van der Waals surface area contributed by atoms with Crippen LogP contribution in [0.25, 0.3) is 0 Å². The fourth-order valence-electron chi connectivity index (χ4n) is 3.40. The molecule has 33 heavy (non-hydrogen) atoms. The zero-order chi connectivity index (χ0) is 25.2. The lowest BCUT2D eigenvalue weighted by Gasteiger charge is -2.33. The molecule has 2 atom stereocenters. The Hall–Kier alpha value is -2.94. The Morgan fingerprint density at radius 2 is 1.45 bits per heavy atom. The van der Waals surface area contributed by atoms with Crippen LogP contribution in [0.4, 0.5) is 14.4 Å². The number of amides is 5. The fourth-order valence-corrected chi connectivity index (χ4v) is 3.40. The van der Waals surface area contributed by atoms with E-state index in [0.717, 1.165) is 5.56 Å². The Morgan fingerprint density at radius 1 is 0.939 bits per heavy atom. The number of urea groups is 1. The number of benzene rings is 1. The summed E-state index contributed by atoms with van der Waals surface area (Å²) in [4.78, 5) is 53.2. The van der Waals surface area contributed by atoms with Gasteiger partial charge in [0.05, 0.1) is 12.7 Å². The molecular formula is C24H34N2O7. The van der Waals surface area contributed by atoms with Crippen molar-refractivity contribution in [3.05, 3.63) is 35.9 Å². The van der Waals surface area contributed by atoms with Crippen LogP contribution in [0.2, 0.25) is 0 Å². The van der Waals surface area contributed by atoms with E-state index in [1.54, 1.807) is 48.5 Å². The standard InChI is InChI=1S/C24H34N2O7/c1-16(31-15-17-12-10-9-11-13-17)14-24(8)18(27)25(20(29)32-22(2,3)4)19(28)26(24)21(30)33-23(5,6)7/h9-13,16H,14-15H2,1-8H3/t16?,24-/m0/s1. The molecule has 1 saturated heterocycles. The SMILES string of the molecule is CC(C[C@@]1(C)C(=O)N(C(=O)OC(C)(C)C)C(=O)N1C(=O)OC(C)(C)C)OCc1ccccc1. The highest BCUT2D eigenvalue weighted by Crippen LogP contribution is 2.35. The van der Waals surface area contributed by atoms with Crippen molar-refractivity contribution in [2.24, 2.45) is 0 Å². The number of nitrogens with zero attached hydrogens (tertiary/aromatic N) is 2. The molecule has 0 spiro atoms. The van der Waals surface area contributed by atoms with Crippen LogP contribution in [-0.2, 0) is 25.6 Å². The van der Waals surface area contributed by atoms with E-state index in [1.807, 2.05) is 30.3 Å². The molecule has 0 bridgehead atoms. The molecule has 0 aliphatic carbocycles. The monoisotopic (exact) mass is 462 g/mol. The molecule has 5 amide bonds. The van der Waals surface area contributed by atoms with Gasteiger partial charge in [-0.15, -0.1) is 0 Å². The second-order valence-electron chi connectivity index (χ2n) is 10.3. The summed E-state index contributed by atoms with van der Waals surface area (Å²) in [5.74, 6) is -0.872. The van der Waals surface area contributed by atoms with Crippen molar-refractivity contribution in [1.82, 2.24) is 9.80 Å². The molecule has 0 saturated carbocycles. The Kier molecular flexibility index (Phi) is 7.58. The van der Waals surface area contributed by atoms with Crippen LogP contribution in [0.3, 0.4) is 0 Å². The Labute approximate surface area is 195 Å². The van der Waals surface area contributed by atoms with Crippen LogP contribution in [-0.4, -0.2) is 56.8 Å². The highest BCUT2D eigenvalue weighted by atomic mass is 16.6. The average Bonchev–Trinajstić information content (AvgIpc) is 2.83. The first-order valence-electron chi connectivity index (χ1n) is 10.9. The number of hydrogen-bond acceptors (Lipinski definition) is 7. The average molecular weight is 463 g/mol. The zero-order valence-electron chi connectivity index (χ0n) is 20.6. The Bertz CT molecular complexity index is 902. The normalized spacial score (nSPS) is 20.1. The third kappa shape index (κ3) is 6.54. The molecule has 1 unspecified atom stereocenters. The molecule has 1 heterocycles. The largest absolute Gasteiger partial charge is 0.443 e. The first-order valence-corrected chi connectivity index (χ1v) is 10.9. The van der Waals surface area contributed by atoms with Gasteiger partial charge in [-0.25, -0.2) is 19.3 Å². The second-order valence-corrected chi connectivity index (χ2v) is 10.3. The first kappa shape index (κ1) is 26.3. The predicted octanol–water partition coefficient (Wildman–Crippen LogP) is 4.87. The lowest BCUT2D eigenvalue weighted by Crippen LogP contribution is -2.53. The van der Waals surface area contributed by atoms with E-state index in [-0.39, 0.29) is 13.0 Å². The van der Waals surface area contributed by atoms with E-state index in [9.17, 15) is 19.2 Å². The van der Waals surface area contributed by atoms with Gasteiger partial charge in [0, 0.05) is 6.42 Å². The van der Waals surface area contributed by atoms with Gasteiger partial charge in [0.2, 0.25) is 0 Å². The van der Waals surface area contributed by atoms with Gasteiger partial charge < -0.3 is 14.2 Å². The number of carbonyl (C=O) groups is 4. The minimum absolute atomic E-state index is 0.0387. The van der Waals surface area contributed by atoms with E-state index in [1.165, 1.54) is 6.92 Å². The van der Waals surface area contributed by atoms with Crippen molar-refractivity contribution < 1.29 is 33.4 Å². The minimum atomic E-state index is -1.70. The van der Waals surface area contributed by atoms with Gasteiger partial charge in [0.1, 0.15) is 16.7 Å². The fraction of sp³-hybridized carbons (Fsp3) is 0.583. The molecule has 9 heteroatoms. The number of hydrogen-bond donors (Lipinski definition) is 0. The predicted molar refractivity (Wildman–Crippen MR) is 120 cm³/mol. The van der Waals surface area contributed by atoms with Crippen molar-refractivity contribution in [1.29, 1.82) is 0 Å². The maximum absolute atomic E-state index is 13.4. The summed E-state index contributed by atoms with van der Waals surface area (Å²) in [5.41, 5.74) is -2.63. The van der Waals surface area contributed by atoms with Gasteiger partial charge in [-0.05, 0) is 61.0 Å². The summed E-state index contributed by atoms with van der Waals surface area (Å²) in [6.07, 6.45) is -2.74. The third-order valence-corrected chi connectivity index (χ3v) is 4.75. The quantitative estimate of drug-likeness (QED) is 0.575. The lowest BCUT2D eigenvalue weighted by atomic mass is 9.93. The summed E-state index contributed by atoms with van der Waals surface area (Å²) in [7, 11) is 0. The van der Waals surface area contributed by atoms with Crippen LogP contribution < -0.4 is 0 Å². The van der Waals surface area contributed by atoms with Gasteiger partial charge in [0.15, 0.2) is 0 Å². The number of imide groups is 4. The summed E-state index contributed by atoms with van der Waals surface area (Å²) < 4.78 is 16.5. The van der Waals surface area contributed by atoms with Crippen LogP contribution in [0.5, 0.6) is 0 Å². The molecule has 182 valence electrons. The van der Waals surface area contributed by atoms with Crippen molar-refractivity contribution >= 4 is 24.1 Å². The molecule has 2 rings (SSSR count). The van der Waals surface area contributed by atoms with Gasteiger partial charge in [-0.1, -0.05) is 30.3 Å². The van der Waals surface area contributed by atoms with E-state index in [2.05, 4.69) is 0 Å². The van der Waals surface area contributed by atoms with Crippen LogP contribution in [0, 0.1) is 0 Å². The van der Waals surface area contributed by atoms with E-state index >= 15 is 0 Å². The van der Waals surface area contributed by atoms with E-state index in [0.29, 0.717) is 9.80 Å². The molecule has 1 fully saturated rings. The van der Waals surface area contributed by atoms with Crippen molar-refractivity contribution in [3.63, 3.8) is 0 Å². The van der Waals surface area contributed by atoms with E-state index in [4.69, 9.17) is 14.2 Å². The molecule has 0 N–H and O–H groups in total. The molecule has 1 aromatic carbocycles.